The highest BCUT2D eigenvalue weighted by Gasteiger charge is 2.33. The number of anilines is 1. The monoisotopic (exact) mass is 322 g/mol. The number of hydrogen-bond acceptors (Lipinski definition) is 2. The second-order valence-corrected chi connectivity index (χ2v) is 6.67. The molecule has 0 radical (unpaired) electrons. The molecule has 1 aromatic rings. The van der Waals surface area contributed by atoms with Gasteiger partial charge in [-0.2, -0.15) is 0 Å². The Balaban J connectivity index is 2.75. The SMILES string of the molecule is CCCC(=O)N[C@H](Nc1ccc(C)cc1)C(Cl)(Cl)Cl. The number of amides is 1. The second-order valence-electron chi connectivity index (χ2n) is 4.30. The van der Waals surface area contributed by atoms with Crippen LogP contribution < -0.4 is 10.6 Å². The number of carbonyl (C=O) groups is 1. The van der Waals surface area contributed by atoms with E-state index in [1.165, 1.54) is 0 Å². The largest absolute Gasteiger partial charge is 0.362 e. The van der Waals surface area contributed by atoms with E-state index in [9.17, 15) is 4.79 Å². The fourth-order valence-electron chi connectivity index (χ4n) is 1.48. The molecule has 0 saturated carbocycles. The van der Waals surface area contributed by atoms with E-state index in [4.69, 9.17) is 34.8 Å². The van der Waals surface area contributed by atoms with Crippen molar-refractivity contribution in [2.75, 3.05) is 5.32 Å². The molecule has 0 spiro atoms. The van der Waals surface area contributed by atoms with Crippen molar-refractivity contribution in [3.63, 3.8) is 0 Å². The smallest absolute Gasteiger partial charge is 0.228 e. The van der Waals surface area contributed by atoms with Crippen LogP contribution in [0.5, 0.6) is 0 Å². The highest BCUT2D eigenvalue weighted by atomic mass is 35.6. The molecule has 0 saturated heterocycles. The van der Waals surface area contributed by atoms with Gasteiger partial charge in [-0.15, -0.1) is 0 Å². The zero-order chi connectivity index (χ0) is 14.5. The lowest BCUT2D eigenvalue weighted by Crippen LogP contribution is -2.49. The fraction of sp³-hybridized carbons (Fsp3) is 0.462. The average molecular weight is 324 g/mol. The molecule has 3 nitrogen and oxygen atoms in total. The fourth-order valence-corrected chi connectivity index (χ4v) is 1.80. The molecule has 1 atom stereocenters. The average Bonchev–Trinajstić information content (AvgIpc) is 2.30. The lowest BCUT2D eigenvalue weighted by molar-refractivity contribution is -0.121. The molecule has 1 aromatic carbocycles. The highest BCUT2D eigenvalue weighted by molar-refractivity contribution is 6.68. The summed E-state index contributed by atoms with van der Waals surface area (Å²) in [7, 11) is 0. The minimum atomic E-state index is -1.63. The molecule has 2 N–H and O–H groups in total. The number of nitrogens with one attached hydrogen (secondary N) is 2. The zero-order valence-corrected chi connectivity index (χ0v) is 13.1. The lowest BCUT2D eigenvalue weighted by Gasteiger charge is -2.27. The van der Waals surface area contributed by atoms with Crippen LogP contribution in [0, 0.1) is 6.92 Å². The molecule has 6 heteroatoms. The van der Waals surface area contributed by atoms with E-state index >= 15 is 0 Å². The van der Waals surface area contributed by atoms with Gasteiger partial charge in [0.25, 0.3) is 0 Å². The topological polar surface area (TPSA) is 41.1 Å². The quantitative estimate of drug-likeness (QED) is 0.635. The van der Waals surface area contributed by atoms with Gasteiger partial charge in [-0.05, 0) is 25.5 Å². The highest BCUT2D eigenvalue weighted by Crippen LogP contribution is 2.31. The summed E-state index contributed by atoms with van der Waals surface area (Å²) in [5.74, 6) is -0.154. The Morgan fingerprint density at radius 1 is 1.26 bits per heavy atom. The molecular formula is C13H17Cl3N2O. The summed E-state index contributed by atoms with van der Waals surface area (Å²) < 4.78 is -1.63. The number of rotatable bonds is 5. The molecule has 0 bridgehead atoms. The Labute approximate surface area is 128 Å². The third-order valence-electron chi connectivity index (χ3n) is 2.47. The standard InChI is InChI=1S/C13H17Cl3N2O/c1-3-4-11(19)18-12(13(14,15)16)17-10-7-5-9(2)6-8-10/h5-8,12,17H,3-4H2,1-2H3,(H,18,19)/t12-/m0/s1. The molecule has 0 heterocycles. The number of alkyl halides is 3. The van der Waals surface area contributed by atoms with E-state index in [-0.39, 0.29) is 5.91 Å². The molecule has 106 valence electrons. The van der Waals surface area contributed by atoms with Crippen LogP contribution >= 0.6 is 34.8 Å². The molecular weight excluding hydrogens is 307 g/mol. The first-order valence-electron chi connectivity index (χ1n) is 6.02. The summed E-state index contributed by atoms with van der Waals surface area (Å²) in [6, 6.07) is 7.60. The zero-order valence-electron chi connectivity index (χ0n) is 10.8. The van der Waals surface area contributed by atoms with Crippen molar-refractivity contribution in [3.05, 3.63) is 29.8 Å². The Morgan fingerprint density at radius 2 is 1.84 bits per heavy atom. The normalized spacial score (nSPS) is 12.9. The Kier molecular flexibility index (Phi) is 6.24. The molecule has 0 aromatic heterocycles. The van der Waals surface area contributed by atoms with Gasteiger partial charge in [0, 0.05) is 12.1 Å². The molecule has 0 aliphatic rings. The van der Waals surface area contributed by atoms with Crippen LogP contribution in [0.4, 0.5) is 5.69 Å². The summed E-state index contributed by atoms with van der Waals surface area (Å²) in [5, 5.41) is 5.68. The predicted molar refractivity (Wildman–Crippen MR) is 81.9 cm³/mol. The Morgan fingerprint density at radius 3 is 2.32 bits per heavy atom. The third kappa shape index (κ3) is 5.89. The molecule has 0 unspecified atom stereocenters. The van der Waals surface area contributed by atoms with E-state index < -0.39 is 9.96 Å². The van der Waals surface area contributed by atoms with E-state index in [0.29, 0.717) is 6.42 Å². The molecule has 0 fully saturated rings. The number of carbonyl (C=O) groups excluding carboxylic acids is 1. The van der Waals surface area contributed by atoms with Gasteiger partial charge in [0.05, 0.1) is 0 Å². The molecule has 0 aliphatic carbocycles. The summed E-state index contributed by atoms with van der Waals surface area (Å²) in [5.41, 5.74) is 1.91. The van der Waals surface area contributed by atoms with Gasteiger partial charge in [-0.25, -0.2) is 0 Å². The van der Waals surface area contributed by atoms with Crippen molar-refractivity contribution in [1.29, 1.82) is 0 Å². The predicted octanol–water partition coefficient (Wildman–Crippen LogP) is 4.02. The third-order valence-corrected chi connectivity index (χ3v) is 3.13. The minimum absolute atomic E-state index is 0.154. The maximum Gasteiger partial charge on any atom is 0.228 e. The van der Waals surface area contributed by atoms with Gasteiger partial charge < -0.3 is 10.6 Å². The summed E-state index contributed by atoms with van der Waals surface area (Å²) in [6.45, 7) is 3.90. The first kappa shape index (κ1) is 16.4. The molecule has 0 aliphatic heterocycles. The first-order chi connectivity index (χ1) is 8.82. The molecule has 1 amide bonds. The van der Waals surface area contributed by atoms with Crippen LogP contribution in [0.3, 0.4) is 0 Å². The van der Waals surface area contributed by atoms with Crippen molar-refractivity contribution in [2.45, 2.75) is 36.6 Å². The van der Waals surface area contributed by atoms with Gasteiger partial charge in [0.1, 0.15) is 6.17 Å². The van der Waals surface area contributed by atoms with E-state index in [2.05, 4.69) is 10.6 Å². The van der Waals surface area contributed by atoms with Crippen molar-refractivity contribution < 1.29 is 4.79 Å². The summed E-state index contributed by atoms with van der Waals surface area (Å²) in [4.78, 5) is 11.6. The Hall–Kier alpha value is -0.640. The van der Waals surface area contributed by atoms with Gasteiger partial charge in [0.2, 0.25) is 9.70 Å². The number of halogens is 3. The molecule has 19 heavy (non-hydrogen) atoms. The van der Waals surface area contributed by atoms with Crippen LogP contribution in [0.1, 0.15) is 25.3 Å². The Bertz CT molecular complexity index is 415. The maximum atomic E-state index is 11.6. The van der Waals surface area contributed by atoms with Crippen LogP contribution in [-0.2, 0) is 4.79 Å². The maximum absolute atomic E-state index is 11.6. The first-order valence-corrected chi connectivity index (χ1v) is 7.15. The van der Waals surface area contributed by atoms with Crippen LogP contribution in [-0.4, -0.2) is 15.9 Å². The van der Waals surface area contributed by atoms with Crippen molar-refractivity contribution in [2.24, 2.45) is 0 Å². The van der Waals surface area contributed by atoms with Crippen molar-refractivity contribution in [1.82, 2.24) is 5.32 Å². The lowest BCUT2D eigenvalue weighted by atomic mass is 10.2. The van der Waals surface area contributed by atoms with Gasteiger partial charge in [-0.1, -0.05) is 59.4 Å². The van der Waals surface area contributed by atoms with Crippen LogP contribution in [0.15, 0.2) is 24.3 Å². The summed E-state index contributed by atoms with van der Waals surface area (Å²) in [6.07, 6.45) is 0.356. The van der Waals surface area contributed by atoms with Crippen LogP contribution in [0.2, 0.25) is 0 Å². The van der Waals surface area contributed by atoms with E-state index in [0.717, 1.165) is 17.7 Å². The van der Waals surface area contributed by atoms with Crippen LogP contribution in [0.25, 0.3) is 0 Å². The number of benzene rings is 1. The number of hydrogen-bond donors (Lipinski definition) is 2. The summed E-state index contributed by atoms with van der Waals surface area (Å²) >= 11 is 17.6. The van der Waals surface area contributed by atoms with Crippen molar-refractivity contribution >= 4 is 46.4 Å². The molecule has 1 rings (SSSR count). The van der Waals surface area contributed by atoms with Gasteiger partial charge in [-0.3, -0.25) is 4.79 Å². The van der Waals surface area contributed by atoms with E-state index in [1.54, 1.807) is 0 Å². The van der Waals surface area contributed by atoms with Gasteiger partial charge in [0.15, 0.2) is 0 Å². The van der Waals surface area contributed by atoms with Gasteiger partial charge >= 0.3 is 0 Å². The number of aryl methyl sites for hydroxylation is 1. The second kappa shape index (κ2) is 7.22. The van der Waals surface area contributed by atoms with E-state index in [1.807, 2.05) is 38.1 Å². The van der Waals surface area contributed by atoms with Crippen molar-refractivity contribution in [3.8, 4) is 0 Å². The minimum Gasteiger partial charge on any atom is -0.362 e.